The maximum absolute atomic E-state index is 9.95. The van der Waals surface area contributed by atoms with Crippen molar-refractivity contribution in [2.45, 2.75) is 45.0 Å². The van der Waals surface area contributed by atoms with E-state index >= 15 is 0 Å². The van der Waals surface area contributed by atoms with E-state index in [4.69, 9.17) is 5.73 Å². The normalized spacial score (nSPS) is 13.9. The lowest BCUT2D eigenvalue weighted by Gasteiger charge is -2.17. The molecule has 0 aliphatic heterocycles. The highest BCUT2D eigenvalue weighted by Gasteiger charge is 2.33. The van der Waals surface area contributed by atoms with Crippen LogP contribution in [0.3, 0.4) is 0 Å². The first-order chi connectivity index (χ1) is 12.2. The molecule has 0 atom stereocenters. The summed E-state index contributed by atoms with van der Waals surface area (Å²) in [5.74, 6) is 0.342. The van der Waals surface area contributed by atoms with Crippen molar-refractivity contribution in [3.63, 3.8) is 0 Å². The van der Waals surface area contributed by atoms with E-state index < -0.39 is 0 Å². The Morgan fingerprint density at radius 1 is 1.12 bits per heavy atom. The minimum absolute atomic E-state index is 0.203. The predicted molar refractivity (Wildman–Crippen MR) is 93.4 cm³/mol. The summed E-state index contributed by atoms with van der Waals surface area (Å²) in [6.07, 6.45) is 2.67. The number of nitriles is 1. The molecule has 6 heteroatoms. The van der Waals surface area contributed by atoms with Gasteiger partial charge in [0.15, 0.2) is 0 Å². The minimum atomic E-state index is -0.264. The molecular formula is C19H23N3O3. The molecule has 2 aromatic rings. The van der Waals surface area contributed by atoms with Crippen LogP contribution in [0.1, 0.15) is 52.4 Å². The number of aromatic amines is 1. The van der Waals surface area contributed by atoms with Crippen LogP contribution in [0, 0.1) is 11.3 Å². The van der Waals surface area contributed by atoms with E-state index in [-0.39, 0.29) is 19.8 Å². The van der Waals surface area contributed by atoms with Crippen molar-refractivity contribution in [3.8, 4) is 17.2 Å². The van der Waals surface area contributed by atoms with E-state index in [1.807, 2.05) is 6.07 Å². The fourth-order valence-corrected chi connectivity index (χ4v) is 3.58. The van der Waals surface area contributed by atoms with Crippen LogP contribution < -0.4 is 5.73 Å². The highest BCUT2D eigenvalue weighted by atomic mass is 16.3. The molecule has 1 aromatic carbocycles. The molecule has 3 rings (SSSR count). The summed E-state index contributed by atoms with van der Waals surface area (Å²) in [6, 6.07) is 5.87. The highest BCUT2D eigenvalue weighted by Crippen LogP contribution is 2.48. The second kappa shape index (κ2) is 7.38. The molecule has 132 valence electrons. The van der Waals surface area contributed by atoms with Crippen LogP contribution in [0.2, 0.25) is 0 Å². The van der Waals surface area contributed by atoms with E-state index in [0.29, 0.717) is 41.3 Å². The molecule has 0 saturated heterocycles. The maximum Gasteiger partial charge on any atom is 0.121 e. The van der Waals surface area contributed by atoms with E-state index in [0.717, 1.165) is 35.2 Å². The predicted octanol–water partition coefficient (Wildman–Crippen LogP) is 1.41. The molecule has 25 heavy (non-hydrogen) atoms. The van der Waals surface area contributed by atoms with Gasteiger partial charge in [-0.05, 0) is 53.1 Å². The Morgan fingerprint density at radius 2 is 1.84 bits per heavy atom. The van der Waals surface area contributed by atoms with Crippen LogP contribution in [-0.4, -0.2) is 26.8 Å². The molecule has 1 heterocycles. The molecule has 0 unspecified atom stereocenters. The second-order valence-corrected chi connectivity index (χ2v) is 6.40. The largest absolute Gasteiger partial charge is 0.392 e. The Kier molecular flexibility index (Phi) is 5.21. The van der Waals surface area contributed by atoms with Crippen LogP contribution in [-0.2, 0) is 26.2 Å². The molecule has 0 bridgehead atoms. The molecule has 1 fully saturated rings. The zero-order chi connectivity index (χ0) is 18.0. The van der Waals surface area contributed by atoms with Crippen molar-refractivity contribution < 1.29 is 15.3 Å². The number of aromatic nitrogens is 1. The Morgan fingerprint density at radius 3 is 2.36 bits per heavy atom. The minimum Gasteiger partial charge on any atom is -0.392 e. The first-order valence-corrected chi connectivity index (χ1v) is 8.51. The number of rotatable bonds is 7. The van der Waals surface area contributed by atoms with Gasteiger partial charge in [-0.25, -0.2) is 0 Å². The molecule has 1 saturated carbocycles. The molecule has 1 aromatic heterocycles. The fourth-order valence-electron chi connectivity index (χ4n) is 3.58. The number of nitrogens with zero attached hydrogens (tertiary/aromatic N) is 1. The molecule has 1 aliphatic carbocycles. The average Bonchev–Trinajstić information content (AvgIpc) is 3.42. The van der Waals surface area contributed by atoms with Crippen molar-refractivity contribution in [2.24, 2.45) is 5.73 Å². The Bertz CT molecular complexity index is 816. The number of H-pyrrole nitrogens is 1. The maximum atomic E-state index is 9.95. The van der Waals surface area contributed by atoms with Crippen molar-refractivity contribution in [1.29, 1.82) is 5.26 Å². The molecule has 1 aliphatic rings. The molecule has 0 spiro atoms. The van der Waals surface area contributed by atoms with Crippen LogP contribution in [0.25, 0.3) is 11.1 Å². The zero-order valence-corrected chi connectivity index (χ0v) is 14.0. The van der Waals surface area contributed by atoms with E-state index in [2.05, 4.69) is 11.1 Å². The van der Waals surface area contributed by atoms with Crippen molar-refractivity contribution >= 4 is 0 Å². The number of aliphatic hydroxyl groups excluding tert-OH is 3. The topological polar surface area (TPSA) is 126 Å². The third-order valence-electron chi connectivity index (χ3n) is 4.89. The Hall–Kier alpha value is -2.17. The molecule has 6 N–H and O–H groups in total. The average molecular weight is 341 g/mol. The lowest BCUT2D eigenvalue weighted by Crippen LogP contribution is -2.07. The second-order valence-electron chi connectivity index (χ2n) is 6.40. The Labute approximate surface area is 146 Å². The van der Waals surface area contributed by atoms with Crippen LogP contribution in [0.15, 0.2) is 12.1 Å². The zero-order valence-electron chi connectivity index (χ0n) is 14.0. The third kappa shape index (κ3) is 3.08. The van der Waals surface area contributed by atoms with Gasteiger partial charge in [-0.15, -0.1) is 0 Å². The van der Waals surface area contributed by atoms with Crippen molar-refractivity contribution in [1.82, 2.24) is 4.98 Å². The smallest absolute Gasteiger partial charge is 0.121 e. The number of hydrogen-bond acceptors (Lipinski definition) is 5. The third-order valence-corrected chi connectivity index (χ3v) is 4.89. The van der Waals surface area contributed by atoms with E-state index in [1.54, 1.807) is 6.07 Å². The van der Waals surface area contributed by atoms with Gasteiger partial charge < -0.3 is 26.0 Å². The number of aliphatic hydroxyl groups is 3. The van der Waals surface area contributed by atoms with E-state index in [1.165, 1.54) is 0 Å². The quantitative estimate of drug-likeness (QED) is 0.520. The van der Waals surface area contributed by atoms with Gasteiger partial charge in [0, 0.05) is 17.7 Å². The number of benzene rings is 1. The molecule has 0 radical (unpaired) electrons. The summed E-state index contributed by atoms with van der Waals surface area (Å²) in [7, 11) is 0. The van der Waals surface area contributed by atoms with Gasteiger partial charge in [-0.1, -0.05) is 12.1 Å². The standard InChI is InChI=1S/C19H23N3O3/c20-6-5-16-19(18(11-1-2-11)17(7-21)22-16)13-4-3-12(8-23)14(9-24)15(13)10-25/h3-4,11,22-25H,1-2,5-6,8-10,20H2. The van der Waals surface area contributed by atoms with Crippen LogP contribution in [0.4, 0.5) is 0 Å². The first-order valence-electron chi connectivity index (χ1n) is 8.51. The molecule has 0 amide bonds. The summed E-state index contributed by atoms with van der Waals surface area (Å²) in [5.41, 5.74) is 11.6. The van der Waals surface area contributed by atoms with Gasteiger partial charge in [0.05, 0.1) is 19.8 Å². The molecule has 6 nitrogen and oxygen atoms in total. The van der Waals surface area contributed by atoms with E-state index in [9.17, 15) is 20.6 Å². The summed E-state index contributed by atoms with van der Waals surface area (Å²) in [5, 5.41) is 38.7. The monoisotopic (exact) mass is 341 g/mol. The van der Waals surface area contributed by atoms with Crippen molar-refractivity contribution in [2.75, 3.05) is 6.54 Å². The van der Waals surface area contributed by atoms with Gasteiger partial charge >= 0.3 is 0 Å². The number of hydrogen-bond donors (Lipinski definition) is 5. The summed E-state index contributed by atoms with van der Waals surface area (Å²) in [4.78, 5) is 3.20. The lowest BCUT2D eigenvalue weighted by molar-refractivity contribution is 0.248. The fraction of sp³-hybridized carbons (Fsp3) is 0.421. The van der Waals surface area contributed by atoms with Crippen LogP contribution >= 0.6 is 0 Å². The number of nitrogens with one attached hydrogen (secondary N) is 1. The Balaban J connectivity index is 2.29. The van der Waals surface area contributed by atoms with Gasteiger partial charge in [0.2, 0.25) is 0 Å². The van der Waals surface area contributed by atoms with Gasteiger partial charge in [-0.3, -0.25) is 0 Å². The van der Waals surface area contributed by atoms with Gasteiger partial charge in [0.1, 0.15) is 11.8 Å². The summed E-state index contributed by atoms with van der Waals surface area (Å²) in [6.45, 7) is -0.276. The molecular weight excluding hydrogens is 318 g/mol. The first kappa shape index (κ1) is 17.6. The summed E-state index contributed by atoms with van der Waals surface area (Å²) >= 11 is 0. The lowest BCUT2D eigenvalue weighted by atomic mass is 9.88. The van der Waals surface area contributed by atoms with Crippen LogP contribution in [0.5, 0.6) is 0 Å². The highest BCUT2D eigenvalue weighted by molar-refractivity contribution is 5.78. The summed E-state index contributed by atoms with van der Waals surface area (Å²) < 4.78 is 0. The van der Waals surface area contributed by atoms with Gasteiger partial charge in [0.25, 0.3) is 0 Å². The SMILES string of the molecule is N#Cc1[nH]c(CCN)c(-c2ccc(CO)c(CO)c2CO)c1C1CC1. The number of nitrogens with two attached hydrogens (primary N) is 1. The van der Waals surface area contributed by atoms with Crippen molar-refractivity contribution in [3.05, 3.63) is 45.8 Å². The van der Waals surface area contributed by atoms with Gasteiger partial charge in [-0.2, -0.15) is 5.26 Å².